The van der Waals surface area contributed by atoms with E-state index < -0.39 is 11.9 Å². The lowest BCUT2D eigenvalue weighted by Crippen LogP contribution is -2.33. The van der Waals surface area contributed by atoms with Gasteiger partial charge in [-0.1, -0.05) is 62.7 Å². The summed E-state index contributed by atoms with van der Waals surface area (Å²) < 4.78 is 18.4. The van der Waals surface area contributed by atoms with Gasteiger partial charge in [-0.05, 0) is 80.7 Å². The van der Waals surface area contributed by atoms with Gasteiger partial charge in [-0.25, -0.2) is 9.48 Å². The van der Waals surface area contributed by atoms with Crippen molar-refractivity contribution in [2.24, 2.45) is 5.92 Å². The number of anilines is 2. The van der Waals surface area contributed by atoms with Crippen LogP contribution in [0.15, 0.2) is 84.9 Å². The Labute approximate surface area is 303 Å². The van der Waals surface area contributed by atoms with Gasteiger partial charge in [0.1, 0.15) is 11.6 Å². The van der Waals surface area contributed by atoms with Gasteiger partial charge < -0.3 is 24.8 Å². The SMILES string of the molecule is COc1cc(OC)nc(Oc2ccccc2C(=O)C(c2ccc(NC(=O)Nc3cc(C(C)(C)C)nn3-c3ccc(C)cc3)cc2)C2CCNCC2)n1. The van der Waals surface area contributed by atoms with Crippen molar-refractivity contribution in [2.75, 3.05) is 37.9 Å². The monoisotopic (exact) mass is 703 g/mol. The minimum absolute atomic E-state index is 0.000108. The maximum Gasteiger partial charge on any atom is 0.328 e. The van der Waals surface area contributed by atoms with Crippen molar-refractivity contribution in [1.29, 1.82) is 0 Å². The van der Waals surface area contributed by atoms with E-state index in [-0.39, 0.29) is 34.9 Å². The lowest BCUT2D eigenvalue weighted by Gasteiger charge is -2.30. The number of methoxy groups -OCH3 is 2. The van der Waals surface area contributed by atoms with Crippen LogP contribution < -0.4 is 30.2 Å². The van der Waals surface area contributed by atoms with E-state index in [9.17, 15) is 9.59 Å². The summed E-state index contributed by atoms with van der Waals surface area (Å²) in [5.41, 5.74) is 4.46. The second kappa shape index (κ2) is 15.6. The normalized spacial score (nSPS) is 14.0. The zero-order chi connectivity index (χ0) is 36.8. The molecule has 0 saturated carbocycles. The maximum absolute atomic E-state index is 14.5. The number of aromatic nitrogens is 4. The molecule has 1 saturated heterocycles. The number of amides is 2. The summed E-state index contributed by atoms with van der Waals surface area (Å²) in [5, 5.41) is 14.2. The van der Waals surface area contributed by atoms with Crippen molar-refractivity contribution >= 4 is 23.3 Å². The number of rotatable bonds is 11. The molecule has 2 aromatic heterocycles. The van der Waals surface area contributed by atoms with Crippen LogP contribution in [-0.4, -0.2) is 58.9 Å². The number of Topliss-reactive ketones (excluding diaryl/α,β-unsaturated/α-hetero) is 1. The lowest BCUT2D eigenvalue weighted by molar-refractivity contribution is 0.0913. The first-order chi connectivity index (χ1) is 25.0. The highest BCUT2D eigenvalue weighted by atomic mass is 16.5. The maximum atomic E-state index is 14.5. The predicted octanol–water partition coefficient (Wildman–Crippen LogP) is 7.69. The first-order valence-corrected chi connectivity index (χ1v) is 17.4. The molecule has 3 N–H and O–H groups in total. The van der Waals surface area contributed by atoms with Gasteiger partial charge in [0, 0.05) is 17.2 Å². The molecule has 5 aromatic rings. The highest BCUT2D eigenvalue weighted by molar-refractivity contribution is 6.04. The molecular formula is C40H45N7O5. The second-order valence-electron chi connectivity index (χ2n) is 13.9. The molecule has 0 radical (unpaired) electrons. The zero-order valence-electron chi connectivity index (χ0n) is 30.4. The Morgan fingerprint density at radius 2 is 1.52 bits per heavy atom. The molecule has 270 valence electrons. The van der Waals surface area contributed by atoms with E-state index in [2.05, 4.69) is 46.7 Å². The van der Waals surface area contributed by atoms with E-state index in [4.69, 9.17) is 19.3 Å². The number of aryl methyl sites for hydroxylation is 1. The van der Waals surface area contributed by atoms with Gasteiger partial charge in [0.05, 0.1) is 43.1 Å². The summed E-state index contributed by atoms with van der Waals surface area (Å²) in [6, 6.07) is 25.6. The number of urea groups is 1. The summed E-state index contributed by atoms with van der Waals surface area (Å²) >= 11 is 0. The van der Waals surface area contributed by atoms with Gasteiger partial charge in [0.2, 0.25) is 11.8 Å². The van der Waals surface area contributed by atoms with Crippen LogP contribution >= 0.6 is 0 Å². The van der Waals surface area contributed by atoms with Crippen LogP contribution in [0.2, 0.25) is 0 Å². The number of hydrogen-bond donors (Lipinski definition) is 3. The van der Waals surface area contributed by atoms with Crippen LogP contribution in [0.3, 0.4) is 0 Å². The molecular weight excluding hydrogens is 658 g/mol. The third kappa shape index (κ3) is 8.40. The predicted molar refractivity (Wildman–Crippen MR) is 200 cm³/mol. The Bertz CT molecular complexity index is 1990. The molecule has 1 aliphatic rings. The number of carbonyl (C=O) groups excluding carboxylic acids is 2. The number of benzene rings is 3. The average Bonchev–Trinajstić information content (AvgIpc) is 3.57. The fourth-order valence-corrected chi connectivity index (χ4v) is 6.25. The summed E-state index contributed by atoms with van der Waals surface area (Å²) in [7, 11) is 2.98. The van der Waals surface area contributed by atoms with Crippen LogP contribution in [0.25, 0.3) is 5.69 Å². The molecule has 2 amide bonds. The van der Waals surface area contributed by atoms with Crippen molar-refractivity contribution in [3.8, 4) is 29.2 Å². The Morgan fingerprint density at radius 1 is 0.865 bits per heavy atom. The van der Waals surface area contributed by atoms with Crippen LogP contribution in [0, 0.1) is 12.8 Å². The molecule has 1 atom stereocenters. The number of para-hydroxylation sites is 1. The summed E-state index contributed by atoms with van der Waals surface area (Å²) in [6.07, 6.45) is 1.67. The highest BCUT2D eigenvalue weighted by Crippen LogP contribution is 2.38. The largest absolute Gasteiger partial charge is 0.481 e. The highest BCUT2D eigenvalue weighted by Gasteiger charge is 2.33. The van der Waals surface area contributed by atoms with Crippen molar-refractivity contribution in [3.63, 3.8) is 0 Å². The van der Waals surface area contributed by atoms with Gasteiger partial charge in [0.25, 0.3) is 0 Å². The third-order valence-electron chi connectivity index (χ3n) is 9.09. The number of ketones is 1. The van der Waals surface area contributed by atoms with Crippen molar-refractivity contribution in [2.45, 2.75) is 51.9 Å². The van der Waals surface area contributed by atoms with E-state index in [0.717, 1.165) is 48.4 Å². The second-order valence-corrected chi connectivity index (χ2v) is 13.9. The standard InChI is InChI=1S/C40H45N7O5/c1-25-11-17-29(18-12-25)47-33(23-32(46-47)40(2,3)4)43-38(49)42-28-15-13-26(14-16-28)36(27-19-21-41-22-20-27)37(48)30-9-7-8-10-31(30)52-39-44-34(50-5)24-35(45-39)51-6/h7-18,23-24,27,36,41H,19-22H2,1-6H3,(H2,42,43,49). The number of piperidine rings is 1. The minimum Gasteiger partial charge on any atom is -0.481 e. The molecule has 6 rings (SSSR count). The Kier molecular flexibility index (Phi) is 10.8. The Balaban J connectivity index is 1.23. The molecule has 1 aliphatic heterocycles. The van der Waals surface area contributed by atoms with E-state index in [1.54, 1.807) is 28.9 Å². The number of carbonyl (C=O) groups is 2. The number of nitrogens with zero attached hydrogens (tertiary/aromatic N) is 4. The third-order valence-corrected chi connectivity index (χ3v) is 9.09. The fraction of sp³-hybridized carbons (Fsp3) is 0.325. The first-order valence-electron chi connectivity index (χ1n) is 17.4. The molecule has 12 nitrogen and oxygen atoms in total. The van der Waals surface area contributed by atoms with E-state index in [1.807, 2.05) is 67.6 Å². The summed E-state index contributed by atoms with van der Waals surface area (Å²) in [6.45, 7) is 9.92. The van der Waals surface area contributed by atoms with Crippen LogP contribution in [0.4, 0.5) is 16.3 Å². The summed E-state index contributed by atoms with van der Waals surface area (Å²) in [5.74, 6) is 0.995. The van der Waals surface area contributed by atoms with E-state index in [0.29, 0.717) is 22.8 Å². The number of ether oxygens (including phenoxy) is 3. The topological polar surface area (TPSA) is 142 Å². The zero-order valence-corrected chi connectivity index (χ0v) is 30.4. The number of nitrogens with one attached hydrogen (secondary N) is 3. The van der Waals surface area contributed by atoms with Crippen molar-refractivity contribution < 1.29 is 23.8 Å². The Hall–Kier alpha value is -5.75. The fourth-order valence-electron chi connectivity index (χ4n) is 6.25. The van der Waals surface area contributed by atoms with Gasteiger partial charge in [-0.3, -0.25) is 10.1 Å². The lowest BCUT2D eigenvalue weighted by atomic mass is 9.76. The number of hydrogen-bond acceptors (Lipinski definition) is 9. The van der Waals surface area contributed by atoms with E-state index in [1.165, 1.54) is 14.2 Å². The van der Waals surface area contributed by atoms with Crippen LogP contribution in [0.1, 0.15) is 66.7 Å². The van der Waals surface area contributed by atoms with Crippen molar-refractivity contribution in [3.05, 3.63) is 107 Å². The van der Waals surface area contributed by atoms with Gasteiger partial charge in [0.15, 0.2) is 5.78 Å². The summed E-state index contributed by atoms with van der Waals surface area (Å²) in [4.78, 5) is 36.4. The van der Waals surface area contributed by atoms with Gasteiger partial charge >= 0.3 is 12.0 Å². The molecule has 0 spiro atoms. The molecule has 0 bridgehead atoms. The smallest absolute Gasteiger partial charge is 0.328 e. The molecule has 1 fully saturated rings. The molecule has 12 heteroatoms. The average molecular weight is 704 g/mol. The molecule has 0 aliphatic carbocycles. The van der Waals surface area contributed by atoms with E-state index >= 15 is 0 Å². The quantitative estimate of drug-likeness (QED) is 0.118. The van der Waals surface area contributed by atoms with Gasteiger partial charge in [-0.15, -0.1) is 0 Å². The minimum atomic E-state index is -0.449. The molecule has 3 aromatic carbocycles. The van der Waals surface area contributed by atoms with Crippen molar-refractivity contribution in [1.82, 2.24) is 25.1 Å². The molecule has 52 heavy (non-hydrogen) atoms. The van der Waals surface area contributed by atoms with Gasteiger partial charge in [-0.2, -0.15) is 15.1 Å². The van der Waals surface area contributed by atoms with Crippen LogP contribution in [0.5, 0.6) is 23.5 Å². The first kappa shape index (κ1) is 36.1. The molecule has 1 unspecified atom stereocenters. The molecule has 3 heterocycles. The van der Waals surface area contributed by atoms with Crippen LogP contribution in [-0.2, 0) is 5.41 Å². The Morgan fingerprint density at radius 3 is 2.15 bits per heavy atom.